The van der Waals surface area contributed by atoms with E-state index < -0.39 is 0 Å². The summed E-state index contributed by atoms with van der Waals surface area (Å²) in [6, 6.07) is 0.740. The van der Waals surface area contributed by atoms with Crippen molar-refractivity contribution in [1.82, 2.24) is 15.2 Å². The van der Waals surface area contributed by atoms with Gasteiger partial charge in [-0.2, -0.15) is 0 Å². The van der Waals surface area contributed by atoms with E-state index in [9.17, 15) is 0 Å². The third kappa shape index (κ3) is 4.05. The highest BCUT2D eigenvalue weighted by atomic mass is 32.1. The van der Waals surface area contributed by atoms with Gasteiger partial charge in [-0.1, -0.05) is 6.92 Å². The van der Waals surface area contributed by atoms with Crippen molar-refractivity contribution in [3.05, 3.63) is 16.1 Å². The third-order valence-corrected chi connectivity index (χ3v) is 4.20. The smallest absolute Gasteiger partial charge is 0.107 e. The van der Waals surface area contributed by atoms with Crippen LogP contribution in [-0.4, -0.2) is 35.6 Å². The molecule has 1 aliphatic rings. The summed E-state index contributed by atoms with van der Waals surface area (Å²) in [5.41, 5.74) is 0. The highest BCUT2D eigenvalue weighted by Gasteiger charge is 2.19. The number of aromatic nitrogens is 1. The lowest BCUT2D eigenvalue weighted by Crippen LogP contribution is -2.42. The van der Waals surface area contributed by atoms with Gasteiger partial charge in [0.25, 0.3) is 0 Å². The van der Waals surface area contributed by atoms with Gasteiger partial charge in [0, 0.05) is 30.2 Å². The Labute approximate surface area is 108 Å². The zero-order chi connectivity index (χ0) is 12.1. The van der Waals surface area contributed by atoms with E-state index in [4.69, 9.17) is 0 Å². The highest BCUT2D eigenvalue weighted by Crippen LogP contribution is 2.17. The zero-order valence-electron chi connectivity index (χ0n) is 10.9. The van der Waals surface area contributed by atoms with Crippen molar-refractivity contribution in [1.29, 1.82) is 0 Å². The van der Waals surface area contributed by atoms with E-state index in [0.29, 0.717) is 0 Å². The molecule has 96 valence electrons. The van der Waals surface area contributed by atoms with E-state index in [2.05, 4.69) is 29.0 Å². The minimum Gasteiger partial charge on any atom is -0.314 e. The number of rotatable bonds is 5. The quantitative estimate of drug-likeness (QED) is 0.873. The lowest BCUT2D eigenvalue weighted by Gasteiger charge is -2.31. The molecule has 17 heavy (non-hydrogen) atoms. The van der Waals surface area contributed by atoms with Crippen LogP contribution in [-0.2, 0) is 6.54 Å². The Morgan fingerprint density at radius 3 is 2.82 bits per heavy atom. The van der Waals surface area contributed by atoms with Crippen molar-refractivity contribution in [3.8, 4) is 0 Å². The zero-order valence-corrected chi connectivity index (χ0v) is 11.7. The maximum absolute atomic E-state index is 4.44. The Morgan fingerprint density at radius 2 is 2.24 bits per heavy atom. The van der Waals surface area contributed by atoms with Crippen LogP contribution < -0.4 is 5.32 Å². The Bertz CT molecular complexity index is 329. The number of thiazole rings is 1. The molecule has 1 aliphatic heterocycles. The molecular weight excluding hydrogens is 230 g/mol. The predicted octanol–water partition coefficient (Wildman–Crippen LogP) is 2.42. The molecule has 0 saturated carbocycles. The lowest BCUT2D eigenvalue weighted by molar-refractivity contribution is 0.191. The minimum absolute atomic E-state index is 0.740. The number of likely N-dealkylation sites (tertiary alicyclic amines) is 1. The van der Waals surface area contributed by atoms with Gasteiger partial charge in [-0.25, -0.2) is 4.98 Å². The van der Waals surface area contributed by atoms with Gasteiger partial charge in [-0.15, -0.1) is 11.3 Å². The molecule has 2 heterocycles. The molecule has 3 nitrogen and oxygen atoms in total. The van der Waals surface area contributed by atoms with Crippen molar-refractivity contribution in [2.75, 3.05) is 19.6 Å². The number of hydrogen-bond donors (Lipinski definition) is 1. The first-order chi connectivity index (χ1) is 8.28. The van der Waals surface area contributed by atoms with Crippen LogP contribution >= 0.6 is 11.3 Å². The first-order valence-electron chi connectivity index (χ1n) is 6.65. The molecule has 0 amide bonds. The summed E-state index contributed by atoms with van der Waals surface area (Å²) in [5.74, 6) is 0. The Balaban J connectivity index is 1.72. The molecule has 0 unspecified atom stereocenters. The normalized spacial score (nSPS) is 18.7. The van der Waals surface area contributed by atoms with Crippen LogP contribution in [0.25, 0.3) is 0 Å². The molecule has 1 aromatic rings. The van der Waals surface area contributed by atoms with Gasteiger partial charge in [-0.3, -0.25) is 4.90 Å². The van der Waals surface area contributed by atoms with Crippen LogP contribution in [0.3, 0.4) is 0 Å². The van der Waals surface area contributed by atoms with Crippen molar-refractivity contribution in [3.63, 3.8) is 0 Å². The number of piperidine rings is 1. The highest BCUT2D eigenvalue weighted by molar-refractivity contribution is 7.11. The summed E-state index contributed by atoms with van der Waals surface area (Å²) in [7, 11) is 0. The number of hydrogen-bond acceptors (Lipinski definition) is 4. The van der Waals surface area contributed by atoms with Gasteiger partial charge < -0.3 is 5.32 Å². The fourth-order valence-electron chi connectivity index (χ4n) is 2.31. The van der Waals surface area contributed by atoms with Crippen LogP contribution in [0.1, 0.15) is 36.1 Å². The Hall–Kier alpha value is -0.450. The molecule has 1 saturated heterocycles. The third-order valence-electron chi connectivity index (χ3n) is 3.30. The molecule has 4 heteroatoms. The molecule has 1 N–H and O–H groups in total. The van der Waals surface area contributed by atoms with Gasteiger partial charge >= 0.3 is 0 Å². The number of nitrogens with one attached hydrogen (secondary N) is 1. The summed E-state index contributed by atoms with van der Waals surface area (Å²) in [6.07, 6.45) is 5.78. The van der Waals surface area contributed by atoms with Crippen LogP contribution in [0.15, 0.2) is 6.20 Å². The second-order valence-corrected chi connectivity index (χ2v) is 6.19. The van der Waals surface area contributed by atoms with E-state index in [1.165, 1.54) is 42.2 Å². The number of aryl methyl sites for hydroxylation is 1. The average molecular weight is 253 g/mol. The van der Waals surface area contributed by atoms with Crippen molar-refractivity contribution >= 4 is 11.3 Å². The predicted molar refractivity (Wildman–Crippen MR) is 73.4 cm³/mol. The molecule has 0 aliphatic carbocycles. The fourth-order valence-corrected chi connectivity index (χ4v) is 3.14. The van der Waals surface area contributed by atoms with Crippen LogP contribution in [0.4, 0.5) is 0 Å². The molecular formula is C13H23N3S. The average Bonchev–Trinajstić information content (AvgIpc) is 2.74. The lowest BCUT2D eigenvalue weighted by atomic mass is 10.1. The summed E-state index contributed by atoms with van der Waals surface area (Å²) >= 11 is 1.83. The van der Waals surface area contributed by atoms with E-state index in [1.807, 2.05) is 17.5 Å². The first-order valence-corrected chi connectivity index (χ1v) is 7.46. The van der Waals surface area contributed by atoms with Crippen LogP contribution in [0, 0.1) is 6.92 Å². The molecule has 1 aromatic heterocycles. The maximum atomic E-state index is 4.44. The van der Waals surface area contributed by atoms with Gasteiger partial charge in [0.2, 0.25) is 0 Å². The van der Waals surface area contributed by atoms with Gasteiger partial charge in [0.1, 0.15) is 5.01 Å². The van der Waals surface area contributed by atoms with Gasteiger partial charge in [-0.05, 0) is 32.7 Å². The summed E-state index contributed by atoms with van der Waals surface area (Å²) in [4.78, 5) is 8.29. The van der Waals surface area contributed by atoms with Crippen molar-refractivity contribution < 1.29 is 0 Å². The molecule has 0 spiro atoms. The summed E-state index contributed by atoms with van der Waals surface area (Å²) in [6.45, 7) is 8.98. The Morgan fingerprint density at radius 1 is 1.47 bits per heavy atom. The van der Waals surface area contributed by atoms with Gasteiger partial charge in [0.15, 0.2) is 0 Å². The second-order valence-electron chi connectivity index (χ2n) is 4.87. The molecule has 1 fully saturated rings. The van der Waals surface area contributed by atoms with Crippen molar-refractivity contribution in [2.24, 2.45) is 0 Å². The van der Waals surface area contributed by atoms with Crippen molar-refractivity contribution in [2.45, 2.75) is 45.7 Å². The molecule has 0 radical (unpaired) electrons. The summed E-state index contributed by atoms with van der Waals surface area (Å²) < 4.78 is 0. The van der Waals surface area contributed by atoms with E-state index in [0.717, 1.165) is 19.1 Å². The maximum Gasteiger partial charge on any atom is 0.107 e. The largest absolute Gasteiger partial charge is 0.314 e. The second kappa shape index (κ2) is 6.47. The van der Waals surface area contributed by atoms with E-state index in [1.54, 1.807) is 0 Å². The molecule has 0 aromatic carbocycles. The van der Waals surface area contributed by atoms with Crippen LogP contribution in [0.2, 0.25) is 0 Å². The standard InChI is InChI=1S/C13H23N3S/c1-3-6-14-12-4-7-16(8-5-12)10-13-15-9-11(2)17-13/h9,12,14H,3-8,10H2,1-2H3. The van der Waals surface area contributed by atoms with E-state index in [-0.39, 0.29) is 0 Å². The Kier molecular flexibility index (Phi) is 4.95. The van der Waals surface area contributed by atoms with Gasteiger partial charge in [0.05, 0.1) is 6.54 Å². The van der Waals surface area contributed by atoms with Crippen LogP contribution in [0.5, 0.6) is 0 Å². The molecule has 0 bridgehead atoms. The fraction of sp³-hybridized carbons (Fsp3) is 0.769. The summed E-state index contributed by atoms with van der Waals surface area (Å²) in [5, 5.41) is 4.89. The topological polar surface area (TPSA) is 28.2 Å². The minimum atomic E-state index is 0.740. The monoisotopic (exact) mass is 253 g/mol. The SMILES string of the molecule is CCCNC1CCN(Cc2ncc(C)s2)CC1. The van der Waals surface area contributed by atoms with E-state index >= 15 is 0 Å². The number of nitrogens with zero attached hydrogens (tertiary/aromatic N) is 2. The molecule has 2 rings (SSSR count). The first kappa shape index (κ1) is 13.0. The molecule has 0 atom stereocenters.